The number of benzene rings is 8. The summed E-state index contributed by atoms with van der Waals surface area (Å²) in [7, 11) is 0. The quantitative estimate of drug-likeness (QED) is 0.0773. The first kappa shape index (κ1) is 57.4. The summed E-state index contributed by atoms with van der Waals surface area (Å²) in [6, 6.07) is 61.0. The first-order valence-electron chi connectivity index (χ1n) is 31.7. The lowest BCUT2D eigenvalue weighted by Crippen LogP contribution is -2.27. The minimum Gasteiger partial charge on any atom is -0.512 e. The van der Waals surface area contributed by atoms with Crippen LogP contribution in [-0.4, -0.2) is 10.9 Å². The van der Waals surface area contributed by atoms with Crippen LogP contribution in [0.25, 0.3) is 44.5 Å². The Morgan fingerprint density at radius 3 is 0.988 bits per heavy atom. The molecule has 0 heterocycles. The minimum absolute atomic E-state index is 0.0360. The lowest BCUT2D eigenvalue weighted by molar-refractivity contribution is -0.115. The first-order chi connectivity index (χ1) is 39.7. The number of rotatable bonds is 16. The number of hydrogen-bond acceptors (Lipinski definition) is 2. The monoisotopic (exact) mass is 1110 g/mol. The molecule has 0 spiro atoms. The van der Waals surface area contributed by atoms with Gasteiger partial charge < -0.3 is 5.11 Å². The summed E-state index contributed by atoms with van der Waals surface area (Å²) in [6.45, 7) is 37.4. The van der Waals surface area contributed by atoms with Gasteiger partial charge in [0.15, 0.2) is 5.78 Å². The smallest absolute Gasteiger partial charge is 0.159 e. The highest BCUT2D eigenvalue weighted by molar-refractivity contribution is 5.91. The van der Waals surface area contributed by atoms with Crippen LogP contribution in [0.1, 0.15) is 234 Å². The van der Waals surface area contributed by atoms with Gasteiger partial charge in [0.1, 0.15) is 0 Å². The average Bonchev–Trinajstić information content (AvgIpc) is 1.93. The fourth-order valence-electron chi connectivity index (χ4n) is 16.5. The van der Waals surface area contributed by atoms with Crippen LogP contribution in [0, 0.1) is 0 Å². The number of allylic oxidation sites excluding steroid dienone is 2. The van der Waals surface area contributed by atoms with Gasteiger partial charge in [-0.15, -0.1) is 0 Å². The highest BCUT2D eigenvalue weighted by Crippen LogP contribution is 2.57. The Labute approximate surface area is 503 Å². The zero-order chi connectivity index (χ0) is 59.9. The lowest BCUT2D eigenvalue weighted by Gasteiger charge is -2.34. The standard InChI is InChI=1S/C82H90O2/c1-17-41-82(16,55-33-39-62-60-26-22-24-28-68(60)76(7,8)72(62)46-55)56-34-40-66-64-36-30-52(43-70(64)78(11,12)74(66)47-56)80(14,19-3)50-58(84)48-57(83)49-79(13,18-2)51-29-35-63-65-38-32-54(45-73(65)77(9,10)69(63)42-51)81(15,20-4)53-31-37-61-59-25-21-23-27-67(59)75(5,6)71(61)44-53/h21-40,42-48,83H,17-20,41,49-50H2,1-16H3/b57-48-. The predicted molar refractivity (Wildman–Crippen MR) is 354 cm³/mol. The molecule has 8 aromatic rings. The highest BCUT2D eigenvalue weighted by Gasteiger charge is 2.44. The van der Waals surface area contributed by atoms with E-state index >= 15 is 0 Å². The number of hydrogen-bond donors (Lipinski definition) is 1. The van der Waals surface area contributed by atoms with Crippen LogP contribution in [0.4, 0.5) is 0 Å². The normalized spacial score (nSPS) is 18.8. The largest absolute Gasteiger partial charge is 0.512 e. The molecule has 4 unspecified atom stereocenters. The van der Waals surface area contributed by atoms with Gasteiger partial charge in [-0.2, -0.15) is 0 Å². The molecule has 430 valence electrons. The highest BCUT2D eigenvalue weighted by atomic mass is 16.3. The number of ketones is 1. The van der Waals surface area contributed by atoms with Crippen molar-refractivity contribution in [2.45, 2.75) is 199 Å². The van der Waals surface area contributed by atoms with E-state index in [0.29, 0.717) is 12.8 Å². The summed E-state index contributed by atoms with van der Waals surface area (Å²) in [5.41, 5.74) is 27.7. The van der Waals surface area contributed by atoms with Crippen LogP contribution in [0.5, 0.6) is 0 Å². The van der Waals surface area contributed by atoms with Crippen molar-refractivity contribution in [1.29, 1.82) is 0 Å². The molecule has 0 aromatic heterocycles. The second-order valence-electron chi connectivity index (χ2n) is 29.2. The Morgan fingerprint density at radius 1 is 0.369 bits per heavy atom. The summed E-state index contributed by atoms with van der Waals surface area (Å²) in [5, 5.41) is 11.9. The Bertz CT molecular complexity index is 4040. The molecular formula is C82H90O2. The SMILES string of the molecule is CCCC(C)(c1ccc2c(c1)C(C)(C)c1ccccc1-2)c1ccc2c(c1)C(C)(C)c1cc(C(C)(CC)CC(=O)/C=C(\O)CC(C)(CC)c3ccc4c(c3)C(C)(C)c3cc(C(C)(CC)c5ccc6c(c5)C(C)(C)c5ccccc5-6)ccc3-4)ccc1-2. The van der Waals surface area contributed by atoms with Gasteiger partial charge in [0.05, 0.1) is 5.76 Å². The molecule has 0 fully saturated rings. The van der Waals surface area contributed by atoms with Crippen LogP contribution in [0.3, 0.4) is 0 Å². The third-order valence-corrected chi connectivity index (χ3v) is 22.9. The Morgan fingerprint density at radius 2 is 0.655 bits per heavy atom. The summed E-state index contributed by atoms with van der Waals surface area (Å²) in [6.07, 6.45) is 6.96. The van der Waals surface area contributed by atoms with E-state index in [-0.39, 0.29) is 49.4 Å². The van der Waals surface area contributed by atoms with Crippen LogP contribution in [0.2, 0.25) is 0 Å². The van der Waals surface area contributed by atoms with Gasteiger partial charge >= 0.3 is 0 Å². The van der Waals surface area contributed by atoms with Gasteiger partial charge in [-0.25, -0.2) is 0 Å². The maximum absolute atomic E-state index is 14.4. The maximum atomic E-state index is 14.4. The summed E-state index contributed by atoms with van der Waals surface area (Å²) < 4.78 is 0. The van der Waals surface area contributed by atoms with E-state index in [9.17, 15) is 9.90 Å². The van der Waals surface area contributed by atoms with Crippen molar-refractivity contribution >= 4 is 5.78 Å². The molecule has 2 nitrogen and oxygen atoms in total. The number of carbonyl (C=O) groups excluding carboxylic acids is 1. The second-order valence-corrected chi connectivity index (χ2v) is 29.2. The van der Waals surface area contributed by atoms with Gasteiger partial charge in [0.2, 0.25) is 0 Å². The fourth-order valence-corrected chi connectivity index (χ4v) is 16.5. The summed E-state index contributed by atoms with van der Waals surface area (Å²) in [4.78, 5) is 14.4. The summed E-state index contributed by atoms with van der Waals surface area (Å²) >= 11 is 0. The van der Waals surface area contributed by atoms with Crippen molar-refractivity contribution in [2.24, 2.45) is 0 Å². The van der Waals surface area contributed by atoms with Crippen molar-refractivity contribution in [3.05, 3.63) is 247 Å². The van der Waals surface area contributed by atoms with E-state index in [0.717, 1.165) is 32.1 Å². The molecular weight excluding hydrogens is 1020 g/mol. The average molecular weight is 1110 g/mol. The minimum atomic E-state index is -0.423. The van der Waals surface area contributed by atoms with E-state index < -0.39 is 5.41 Å². The van der Waals surface area contributed by atoms with E-state index in [2.05, 4.69) is 269 Å². The van der Waals surface area contributed by atoms with Gasteiger partial charge in [-0.05, 0) is 159 Å². The molecule has 0 saturated heterocycles. The first-order valence-corrected chi connectivity index (χ1v) is 31.7. The maximum Gasteiger partial charge on any atom is 0.159 e. The predicted octanol–water partition coefficient (Wildman–Crippen LogP) is 21.6. The third kappa shape index (κ3) is 8.48. The topological polar surface area (TPSA) is 37.3 Å². The second kappa shape index (κ2) is 19.8. The summed E-state index contributed by atoms with van der Waals surface area (Å²) in [5.74, 6) is 0.115. The molecule has 84 heavy (non-hydrogen) atoms. The molecule has 2 heteroatoms. The third-order valence-electron chi connectivity index (χ3n) is 22.9. The molecule has 0 aliphatic heterocycles. The number of fused-ring (bicyclic) bond motifs is 12. The molecule has 0 radical (unpaired) electrons. The van der Waals surface area contributed by atoms with Crippen LogP contribution >= 0.6 is 0 Å². The van der Waals surface area contributed by atoms with Crippen LogP contribution < -0.4 is 0 Å². The molecule has 12 rings (SSSR count). The Balaban J connectivity index is 0.766. The molecule has 4 aliphatic carbocycles. The molecule has 8 aromatic carbocycles. The van der Waals surface area contributed by atoms with E-state index in [1.165, 1.54) is 122 Å². The molecule has 4 atom stereocenters. The van der Waals surface area contributed by atoms with Gasteiger partial charge in [-0.3, -0.25) is 4.79 Å². The van der Waals surface area contributed by atoms with Crippen LogP contribution in [0.15, 0.2) is 170 Å². The van der Waals surface area contributed by atoms with Crippen molar-refractivity contribution in [3.8, 4) is 44.5 Å². The number of aliphatic hydroxyl groups is 1. The van der Waals surface area contributed by atoms with Crippen molar-refractivity contribution in [2.75, 3.05) is 0 Å². The molecule has 0 bridgehead atoms. The van der Waals surface area contributed by atoms with Gasteiger partial charge in [0, 0.05) is 51.4 Å². The number of carbonyl (C=O) groups is 1. The Kier molecular flexibility index (Phi) is 13.5. The number of aliphatic hydroxyl groups excluding tert-OH is 1. The zero-order valence-electron chi connectivity index (χ0n) is 53.4. The molecule has 4 aliphatic rings. The van der Waals surface area contributed by atoms with Gasteiger partial charge in [0.25, 0.3) is 0 Å². The van der Waals surface area contributed by atoms with E-state index in [4.69, 9.17) is 0 Å². The fraction of sp³-hybridized carbons (Fsp3) is 0.378. The Hall–Kier alpha value is -7.03. The zero-order valence-corrected chi connectivity index (χ0v) is 53.4. The molecule has 0 amide bonds. The van der Waals surface area contributed by atoms with Crippen molar-refractivity contribution < 1.29 is 9.90 Å². The van der Waals surface area contributed by atoms with E-state index in [1.54, 1.807) is 6.08 Å². The van der Waals surface area contributed by atoms with Crippen LogP contribution in [-0.2, 0) is 48.1 Å². The van der Waals surface area contributed by atoms with Gasteiger partial charge in [-0.1, -0.05) is 275 Å². The molecule has 0 saturated carbocycles. The molecule has 1 N–H and O–H groups in total. The van der Waals surface area contributed by atoms with Crippen molar-refractivity contribution in [3.63, 3.8) is 0 Å². The lowest BCUT2D eigenvalue weighted by atomic mass is 9.70. The van der Waals surface area contributed by atoms with Crippen molar-refractivity contribution in [1.82, 2.24) is 0 Å². The van der Waals surface area contributed by atoms with E-state index in [1.807, 2.05) is 0 Å².